The molecule has 1 N–H and O–H groups in total. The fourth-order valence-corrected chi connectivity index (χ4v) is 2.42. The molecule has 126 valence electrons. The first-order chi connectivity index (χ1) is 11.8. The molecule has 3 rings (SSSR count). The van der Waals surface area contributed by atoms with Gasteiger partial charge in [-0.05, 0) is 19.1 Å². The van der Waals surface area contributed by atoms with Crippen LogP contribution in [0.25, 0.3) is 0 Å². The number of ether oxygens (including phenoxy) is 2. The number of nitrogens with one attached hydrogen (secondary N) is 1. The van der Waals surface area contributed by atoms with E-state index in [1.165, 1.54) is 6.20 Å². The lowest BCUT2D eigenvalue weighted by Crippen LogP contribution is -2.41. The van der Waals surface area contributed by atoms with Crippen LogP contribution in [0.2, 0.25) is 0 Å². The van der Waals surface area contributed by atoms with Crippen LogP contribution in [-0.2, 0) is 4.74 Å². The second-order valence-electron chi connectivity index (χ2n) is 5.25. The molecule has 7 nitrogen and oxygen atoms in total. The lowest BCUT2D eigenvalue weighted by atomic mass is 10.3. The first kappa shape index (κ1) is 16.2. The third kappa shape index (κ3) is 3.80. The second-order valence-corrected chi connectivity index (χ2v) is 5.25. The second kappa shape index (κ2) is 7.74. The molecule has 1 aliphatic heterocycles. The molecule has 2 heterocycles. The van der Waals surface area contributed by atoms with Crippen LogP contribution in [-0.4, -0.2) is 53.7 Å². The molecule has 0 spiro atoms. The quantitative estimate of drug-likeness (QED) is 0.906. The molecule has 24 heavy (non-hydrogen) atoms. The zero-order chi connectivity index (χ0) is 16.8. The minimum Gasteiger partial charge on any atom is -0.492 e. The summed E-state index contributed by atoms with van der Waals surface area (Å²) in [6.07, 6.45) is 3.04. The van der Waals surface area contributed by atoms with Gasteiger partial charge in [-0.2, -0.15) is 0 Å². The highest BCUT2D eigenvalue weighted by molar-refractivity contribution is 5.92. The highest BCUT2D eigenvalue weighted by atomic mass is 16.5. The Morgan fingerprint density at radius 3 is 2.75 bits per heavy atom. The number of hydrogen-bond acceptors (Lipinski definition) is 6. The van der Waals surface area contributed by atoms with Gasteiger partial charge in [0.1, 0.15) is 17.3 Å². The van der Waals surface area contributed by atoms with E-state index < -0.39 is 0 Å². The third-order valence-corrected chi connectivity index (χ3v) is 3.62. The number of para-hydroxylation sites is 2. The van der Waals surface area contributed by atoms with E-state index in [0.29, 0.717) is 44.4 Å². The lowest BCUT2D eigenvalue weighted by Gasteiger charge is -2.26. The molecule has 1 aliphatic rings. The number of aromatic nitrogens is 2. The van der Waals surface area contributed by atoms with Gasteiger partial charge >= 0.3 is 0 Å². The minimum atomic E-state index is -0.118. The van der Waals surface area contributed by atoms with Crippen molar-refractivity contribution in [2.75, 3.05) is 38.2 Å². The summed E-state index contributed by atoms with van der Waals surface area (Å²) >= 11 is 0. The van der Waals surface area contributed by atoms with Crippen LogP contribution < -0.4 is 10.1 Å². The fraction of sp³-hybridized carbons (Fsp3) is 0.353. The van der Waals surface area contributed by atoms with Crippen LogP contribution in [0.5, 0.6) is 5.75 Å². The summed E-state index contributed by atoms with van der Waals surface area (Å²) in [6.45, 7) is 4.81. The van der Waals surface area contributed by atoms with Gasteiger partial charge in [-0.1, -0.05) is 12.1 Å². The minimum absolute atomic E-state index is 0.118. The van der Waals surface area contributed by atoms with Crippen LogP contribution in [0, 0.1) is 0 Å². The smallest absolute Gasteiger partial charge is 0.274 e. The topological polar surface area (TPSA) is 76.6 Å². The van der Waals surface area contributed by atoms with Gasteiger partial charge in [0, 0.05) is 13.1 Å². The van der Waals surface area contributed by atoms with Crippen molar-refractivity contribution in [2.45, 2.75) is 6.92 Å². The zero-order valence-corrected chi connectivity index (χ0v) is 13.6. The Balaban J connectivity index is 1.69. The summed E-state index contributed by atoms with van der Waals surface area (Å²) in [5.74, 6) is 1.18. The van der Waals surface area contributed by atoms with Crippen LogP contribution in [0.3, 0.4) is 0 Å². The van der Waals surface area contributed by atoms with Crippen LogP contribution in [0.4, 0.5) is 11.5 Å². The lowest BCUT2D eigenvalue weighted by molar-refractivity contribution is 0.0298. The molecule has 0 bridgehead atoms. The average molecular weight is 328 g/mol. The third-order valence-electron chi connectivity index (χ3n) is 3.62. The van der Waals surface area contributed by atoms with E-state index in [-0.39, 0.29) is 5.91 Å². The van der Waals surface area contributed by atoms with Crippen LogP contribution in [0.15, 0.2) is 36.7 Å². The Bertz CT molecular complexity index is 684. The average Bonchev–Trinajstić information content (AvgIpc) is 2.64. The summed E-state index contributed by atoms with van der Waals surface area (Å²) < 4.78 is 10.8. The number of anilines is 2. The predicted octanol–water partition coefficient (Wildman–Crippen LogP) is 2.09. The Kier molecular flexibility index (Phi) is 5.22. The zero-order valence-electron chi connectivity index (χ0n) is 13.6. The maximum absolute atomic E-state index is 12.3. The van der Waals surface area contributed by atoms with E-state index in [0.717, 1.165) is 11.4 Å². The van der Waals surface area contributed by atoms with Gasteiger partial charge in [-0.3, -0.25) is 4.79 Å². The highest BCUT2D eigenvalue weighted by Gasteiger charge is 2.19. The van der Waals surface area contributed by atoms with Crippen LogP contribution in [0.1, 0.15) is 17.4 Å². The normalized spacial score (nSPS) is 14.3. The molecule has 1 saturated heterocycles. The Labute approximate surface area is 140 Å². The van der Waals surface area contributed by atoms with E-state index in [1.807, 2.05) is 31.2 Å². The molecule has 0 aliphatic carbocycles. The largest absolute Gasteiger partial charge is 0.492 e. The number of hydrogen-bond donors (Lipinski definition) is 1. The number of rotatable bonds is 5. The molecule has 2 aromatic rings. The van der Waals surface area contributed by atoms with Crippen molar-refractivity contribution >= 4 is 17.4 Å². The molecule has 1 aromatic carbocycles. The van der Waals surface area contributed by atoms with E-state index in [4.69, 9.17) is 9.47 Å². The van der Waals surface area contributed by atoms with Gasteiger partial charge < -0.3 is 19.7 Å². The Morgan fingerprint density at radius 1 is 1.25 bits per heavy atom. The number of nitrogens with zero attached hydrogens (tertiary/aromatic N) is 3. The number of carbonyl (C=O) groups is 1. The highest BCUT2D eigenvalue weighted by Crippen LogP contribution is 2.26. The Morgan fingerprint density at radius 2 is 2.04 bits per heavy atom. The molecule has 0 atom stereocenters. The molecule has 0 saturated carbocycles. The number of morpholine rings is 1. The van der Waals surface area contributed by atoms with E-state index in [1.54, 1.807) is 11.1 Å². The predicted molar refractivity (Wildman–Crippen MR) is 89.6 cm³/mol. The van der Waals surface area contributed by atoms with Gasteiger partial charge in [0.05, 0.1) is 37.9 Å². The van der Waals surface area contributed by atoms with Crippen LogP contribution >= 0.6 is 0 Å². The molecule has 7 heteroatoms. The summed E-state index contributed by atoms with van der Waals surface area (Å²) in [4.78, 5) is 22.6. The summed E-state index contributed by atoms with van der Waals surface area (Å²) in [5, 5.41) is 3.16. The first-order valence-corrected chi connectivity index (χ1v) is 7.96. The van der Waals surface area contributed by atoms with Crippen molar-refractivity contribution < 1.29 is 14.3 Å². The van der Waals surface area contributed by atoms with Gasteiger partial charge in [-0.15, -0.1) is 0 Å². The SMILES string of the molecule is CCOc1ccccc1Nc1cnc(C(=O)N2CCOCC2)cn1. The number of carbonyl (C=O) groups excluding carboxylic acids is 1. The van der Waals surface area contributed by atoms with Crippen molar-refractivity contribution in [3.05, 3.63) is 42.4 Å². The van der Waals surface area contributed by atoms with E-state index in [2.05, 4.69) is 15.3 Å². The van der Waals surface area contributed by atoms with Crippen molar-refractivity contribution in [1.82, 2.24) is 14.9 Å². The molecule has 0 unspecified atom stereocenters. The maximum Gasteiger partial charge on any atom is 0.274 e. The standard InChI is InChI=1S/C17H20N4O3/c1-2-24-15-6-4-3-5-13(15)20-16-12-18-14(11-19-16)17(22)21-7-9-23-10-8-21/h3-6,11-12H,2,7-10H2,1H3,(H,19,20). The summed E-state index contributed by atoms with van der Waals surface area (Å²) in [6, 6.07) is 7.61. The first-order valence-electron chi connectivity index (χ1n) is 7.96. The molecule has 1 fully saturated rings. The van der Waals surface area contributed by atoms with Gasteiger partial charge in [0.15, 0.2) is 0 Å². The van der Waals surface area contributed by atoms with E-state index >= 15 is 0 Å². The van der Waals surface area contributed by atoms with Crippen molar-refractivity contribution in [2.24, 2.45) is 0 Å². The molecular formula is C17H20N4O3. The Hall–Kier alpha value is -2.67. The molecule has 1 amide bonds. The summed E-state index contributed by atoms with van der Waals surface area (Å²) in [7, 11) is 0. The monoisotopic (exact) mass is 328 g/mol. The van der Waals surface area contributed by atoms with E-state index in [9.17, 15) is 4.79 Å². The van der Waals surface area contributed by atoms with Crippen molar-refractivity contribution in [3.63, 3.8) is 0 Å². The molecule has 1 aromatic heterocycles. The van der Waals surface area contributed by atoms with Crippen molar-refractivity contribution in [3.8, 4) is 5.75 Å². The summed E-state index contributed by atoms with van der Waals surface area (Å²) in [5.41, 5.74) is 1.14. The maximum atomic E-state index is 12.3. The van der Waals surface area contributed by atoms with Crippen molar-refractivity contribution in [1.29, 1.82) is 0 Å². The fourth-order valence-electron chi connectivity index (χ4n) is 2.42. The van der Waals surface area contributed by atoms with Gasteiger partial charge in [0.2, 0.25) is 0 Å². The molecule has 0 radical (unpaired) electrons. The molecular weight excluding hydrogens is 308 g/mol. The van der Waals surface area contributed by atoms with Gasteiger partial charge in [0.25, 0.3) is 5.91 Å². The van der Waals surface area contributed by atoms with Gasteiger partial charge in [-0.25, -0.2) is 9.97 Å². The number of benzene rings is 1. The number of amides is 1.